The maximum Gasteiger partial charge on any atom is 0.0948 e. The summed E-state index contributed by atoms with van der Waals surface area (Å²) >= 11 is 1.76. The summed E-state index contributed by atoms with van der Waals surface area (Å²) in [5.41, 5.74) is 2.68. The summed E-state index contributed by atoms with van der Waals surface area (Å²) in [4.78, 5) is 9.39. The highest BCUT2D eigenvalue weighted by molar-refractivity contribution is 7.07. The van der Waals surface area contributed by atoms with Crippen LogP contribution in [0.15, 0.2) is 29.4 Å². The minimum absolute atomic E-state index is 0.254. The highest BCUT2D eigenvalue weighted by atomic mass is 32.1. The maximum absolute atomic E-state index is 9.49. The largest absolute Gasteiger partial charge is 0.396 e. The van der Waals surface area contributed by atoms with Gasteiger partial charge in [0.25, 0.3) is 0 Å². The van der Waals surface area contributed by atoms with E-state index in [9.17, 15) is 5.11 Å². The van der Waals surface area contributed by atoms with Gasteiger partial charge < -0.3 is 9.67 Å². The summed E-state index contributed by atoms with van der Waals surface area (Å²) in [5.74, 6) is 0.623. The van der Waals surface area contributed by atoms with E-state index in [-0.39, 0.29) is 6.61 Å². The molecule has 2 aromatic heterocycles. The first kappa shape index (κ1) is 18.6. The lowest BCUT2D eigenvalue weighted by Gasteiger charge is -2.41. The molecular weight excluding hydrogens is 332 g/mol. The zero-order valence-electron chi connectivity index (χ0n) is 15.3. The van der Waals surface area contributed by atoms with Crippen molar-refractivity contribution in [1.29, 1.82) is 0 Å². The zero-order chi connectivity index (χ0) is 17.6. The van der Waals surface area contributed by atoms with E-state index in [1.54, 1.807) is 11.3 Å². The Labute approximate surface area is 154 Å². The summed E-state index contributed by atoms with van der Waals surface area (Å²) in [6, 6.07) is 2.62. The van der Waals surface area contributed by atoms with Gasteiger partial charge in [0.1, 0.15) is 0 Å². The number of thiophene rings is 1. The highest BCUT2D eigenvalue weighted by Gasteiger charge is 2.27. The molecule has 3 heterocycles. The second kappa shape index (κ2) is 8.94. The fourth-order valence-corrected chi connectivity index (χ4v) is 4.28. The van der Waals surface area contributed by atoms with Crippen molar-refractivity contribution in [3.63, 3.8) is 0 Å². The van der Waals surface area contributed by atoms with Crippen LogP contribution in [-0.4, -0.2) is 56.7 Å². The van der Waals surface area contributed by atoms with Crippen LogP contribution in [0, 0.1) is 5.92 Å². The van der Waals surface area contributed by atoms with Gasteiger partial charge in [-0.2, -0.15) is 11.3 Å². The third-order valence-corrected chi connectivity index (χ3v) is 5.59. The van der Waals surface area contributed by atoms with E-state index in [0.29, 0.717) is 12.0 Å². The van der Waals surface area contributed by atoms with E-state index in [4.69, 9.17) is 0 Å². The molecule has 5 nitrogen and oxygen atoms in total. The number of rotatable bonds is 8. The molecule has 0 amide bonds. The lowest BCUT2D eigenvalue weighted by molar-refractivity contribution is 0.0489. The Balaban J connectivity index is 1.60. The second-order valence-corrected chi connectivity index (χ2v) is 8.21. The molecular formula is C19H30N4OS. The van der Waals surface area contributed by atoms with Crippen molar-refractivity contribution in [3.8, 4) is 0 Å². The fraction of sp³-hybridized carbons (Fsp3) is 0.632. The van der Waals surface area contributed by atoms with Crippen molar-refractivity contribution in [2.24, 2.45) is 5.92 Å². The van der Waals surface area contributed by atoms with Crippen LogP contribution in [0.3, 0.4) is 0 Å². The molecule has 1 fully saturated rings. The highest BCUT2D eigenvalue weighted by Crippen LogP contribution is 2.19. The number of aliphatic hydroxyl groups is 1. The Morgan fingerprint density at radius 3 is 2.92 bits per heavy atom. The van der Waals surface area contributed by atoms with Crippen molar-refractivity contribution in [2.75, 3.05) is 26.2 Å². The van der Waals surface area contributed by atoms with Crippen molar-refractivity contribution in [1.82, 2.24) is 19.4 Å². The van der Waals surface area contributed by atoms with Gasteiger partial charge in [0.15, 0.2) is 0 Å². The smallest absolute Gasteiger partial charge is 0.0948 e. The molecule has 1 aliphatic heterocycles. The predicted octanol–water partition coefficient (Wildman–Crippen LogP) is 2.67. The van der Waals surface area contributed by atoms with Crippen LogP contribution in [0.4, 0.5) is 0 Å². The van der Waals surface area contributed by atoms with Crippen LogP contribution in [0.25, 0.3) is 0 Å². The van der Waals surface area contributed by atoms with Crippen LogP contribution in [0.1, 0.15) is 31.5 Å². The molecule has 1 N–H and O–H groups in total. The van der Waals surface area contributed by atoms with E-state index in [1.807, 2.05) is 12.5 Å². The average Bonchev–Trinajstić information content (AvgIpc) is 3.22. The van der Waals surface area contributed by atoms with E-state index < -0.39 is 0 Å². The number of hydrogen-bond acceptors (Lipinski definition) is 5. The maximum atomic E-state index is 9.49. The predicted molar refractivity (Wildman–Crippen MR) is 103 cm³/mol. The van der Waals surface area contributed by atoms with Crippen molar-refractivity contribution in [2.45, 2.75) is 45.9 Å². The molecule has 1 saturated heterocycles. The summed E-state index contributed by atoms with van der Waals surface area (Å²) < 4.78 is 2.28. The Kier molecular flexibility index (Phi) is 6.64. The standard InChI is InChI=1S/C19H30N4OS/c1-16(2)10-23-15-20-9-19(23)13-21-5-6-22(18(12-21)3-7-24)11-17-4-8-25-14-17/h4,8-9,14-16,18,24H,3,5-7,10-13H2,1-2H3/t18-/m0/s1. The molecule has 0 aliphatic carbocycles. The van der Waals surface area contributed by atoms with E-state index in [2.05, 4.69) is 50.0 Å². The molecule has 0 bridgehead atoms. The Morgan fingerprint density at radius 2 is 2.20 bits per heavy atom. The van der Waals surface area contributed by atoms with Crippen molar-refractivity contribution in [3.05, 3.63) is 40.6 Å². The first-order chi connectivity index (χ1) is 12.2. The molecule has 0 saturated carbocycles. The van der Waals surface area contributed by atoms with E-state index in [1.165, 1.54) is 11.3 Å². The molecule has 0 spiro atoms. The van der Waals surface area contributed by atoms with Gasteiger partial charge in [-0.25, -0.2) is 4.98 Å². The van der Waals surface area contributed by atoms with Crippen LogP contribution >= 0.6 is 11.3 Å². The molecule has 0 unspecified atom stereocenters. The third kappa shape index (κ3) is 5.14. The molecule has 25 heavy (non-hydrogen) atoms. The van der Waals surface area contributed by atoms with Gasteiger partial charge in [-0.1, -0.05) is 13.8 Å². The SMILES string of the molecule is CC(C)Cn1cncc1CN1CCN(Cc2ccsc2)[C@@H](CCO)C1. The number of nitrogens with zero attached hydrogens (tertiary/aromatic N) is 4. The summed E-state index contributed by atoms with van der Waals surface area (Å²) in [6.07, 6.45) is 4.79. The molecule has 2 aromatic rings. The molecule has 1 atom stereocenters. The van der Waals surface area contributed by atoms with Crippen LogP contribution in [0.5, 0.6) is 0 Å². The number of piperazine rings is 1. The fourth-order valence-electron chi connectivity index (χ4n) is 3.62. The van der Waals surface area contributed by atoms with Gasteiger partial charge >= 0.3 is 0 Å². The van der Waals surface area contributed by atoms with E-state index in [0.717, 1.165) is 45.7 Å². The van der Waals surface area contributed by atoms with Crippen molar-refractivity contribution < 1.29 is 5.11 Å². The average molecular weight is 363 g/mol. The van der Waals surface area contributed by atoms with Gasteiger partial charge in [-0.15, -0.1) is 0 Å². The Bertz CT molecular complexity index is 625. The normalized spacial score (nSPS) is 19.8. The summed E-state index contributed by atoms with van der Waals surface area (Å²) in [5, 5.41) is 13.9. The van der Waals surface area contributed by atoms with E-state index >= 15 is 0 Å². The number of hydrogen-bond donors (Lipinski definition) is 1. The first-order valence-corrected chi connectivity index (χ1v) is 10.2. The summed E-state index contributed by atoms with van der Waals surface area (Å²) in [7, 11) is 0. The van der Waals surface area contributed by atoms with Gasteiger partial charge in [-0.3, -0.25) is 9.80 Å². The van der Waals surface area contributed by atoms with Gasteiger partial charge in [0.2, 0.25) is 0 Å². The molecule has 0 aromatic carbocycles. The lowest BCUT2D eigenvalue weighted by Crippen LogP contribution is -2.52. The molecule has 0 radical (unpaired) electrons. The number of imidazole rings is 1. The van der Waals surface area contributed by atoms with Crippen LogP contribution in [-0.2, 0) is 19.6 Å². The topological polar surface area (TPSA) is 44.5 Å². The Hall–Kier alpha value is -1.21. The van der Waals surface area contributed by atoms with Crippen LogP contribution < -0.4 is 0 Å². The second-order valence-electron chi connectivity index (χ2n) is 7.43. The van der Waals surface area contributed by atoms with Gasteiger partial charge in [0.05, 0.1) is 12.0 Å². The first-order valence-electron chi connectivity index (χ1n) is 9.23. The van der Waals surface area contributed by atoms with Gasteiger partial charge in [0, 0.05) is 58.1 Å². The number of aliphatic hydroxyl groups excluding tert-OH is 1. The quantitative estimate of drug-likeness (QED) is 0.784. The molecule has 6 heteroatoms. The minimum Gasteiger partial charge on any atom is -0.396 e. The van der Waals surface area contributed by atoms with Crippen molar-refractivity contribution >= 4 is 11.3 Å². The summed E-state index contributed by atoms with van der Waals surface area (Å²) in [6.45, 7) is 10.8. The third-order valence-electron chi connectivity index (χ3n) is 4.86. The van der Waals surface area contributed by atoms with Crippen LogP contribution in [0.2, 0.25) is 0 Å². The monoisotopic (exact) mass is 362 g/mol. The Morgan fingerprint density at radius 1 is 1.32 bits per heavy atom. The van der Waals surface area contributed by atoms with Gasteiger partial charge in [-0.05, 0) is 34.7 Å². The molecule has 3 rings (SSSR count). The molecule has 1 aliphatic rings. The molecule has 138 valence electrons. The lowest BCUT2D eigenvalue weighted by atomic mass is 10.1. The zero-order valence-corrected chi connectivity index (χ0v) is 16.2. The minimum atomic E-state index is 0.254. The number of aromatic nitrogens is 2.